The van der Waals surface area contributed by atoms with Gasteiger partial charge in [-0.3, -0.25) is 0 Å². The molecule has 0 aromatic heterocycles. The van der Waals surface area contributed by atoms with E-state index in [2.05, 4.69) is 6.92 Å². The minimum atomic E-state index is -1.57. The molecule has 0 spiro atoms. The maximum atomic E-state index is 5.86. The number of allylic oxidation sites excluding steroid dienone is 1. The molecule has 8 heavy (non-hydrogen) atoms. The third-order valence-corrected chi connectivity index (χ3v) is 4.45. The van der Waals surface area contributed by atoms with Crippen LogP contribution < -0.4 is 0 Å². The summed E-state index contributed by atoms with van der Waals surface area (Å²) in [6.45, 7) is 2.08. The molecule has 0 unspecified atom stereocenters. The summed E-state index contributed by atoms with van der Waals surface area (Å²) in [5.41, 5.74) is 1.35. The Balaban J connectivity index is 2.67. The molecule has 0 atom stereocenters. The zero-order valence-corrected chi connectivity index (χ0v) is 7.10. The lowest BCUT2D eigenvalue weighted by Crippen LogP contribution is -1.71. The molecule has 0 bridgehead atoms. The van der Waals surface area contributed by atoms with E-state index < -0.39 is 5.97 Å². The quantitative estimate of drug-likeness (QED) is 0.487. The van der Waals surface area contributed by atoms with Crippen LogP contribution in [0.2, 0.25) is 0 Å². The summed E-state index contributed by atoms with van der Waals surface area (Å²) in [5.74, 6) is 0.457. The van der Waals surface area contributed by atoms with Gasteiger partial charge in [0.2, 0.25) is 5.97 Å². The van der Waals surface area contributed by atoms with E-state index in [0.29, 0.717) is 0 Å². The van der Waals surface area contributed by atoms with Crippen molar-refractivity contribution in [3.05, 3.63) is 11.4 Å². The van der Waals surface area contributed by atoms with Gasteiger partial charge in [0, 0.05) is 6.42 Å². The lowest BCUT2D eigenvalue weighted by molar-refractivity contribution is 1.14. The number of hydrogen-bond acceptors (Lipinski definition) is 0. The Morgan fingerprint density at radius 1 is 1.62 bits per heavy atom. The molecule has 3 heteroatoms. The predicted octanol–water partition coefficient (Wildman–Crippen LogP) is 3.62. The molecule has 0 radical (unpaired) electrons. The van der Waals surface area contributed by atoms with Gasteiger partial charge in [-0.25, -0.2) is 0 Å². The third-order valence-electron chi connectivity index (χ3n) is 1.21. The van der Waals surface area contributed by atoms with Gasteiger partial charge in [-0.1, -0.05) is 0 Å². The SMILES string of the molecule is CC1=C[P+](Cl)(Cl)CC1. The second-order valence-electron chi connectivity index (χ2n) is 2.13. The zero-order chi connectivity index (χ0) is 6.20. The molecule has 0 nitrogen and oxygen atoms in total. The molecule has 1 aliphatic rings. The van der Waals surface area contributed by atoms with E-state index in [1.807, 2.05) is 5.82 Å². The van der Waals surface area contributed by atoms with Crippen molar-refractivity contribution in [2.75, 3.05) is 6.16 Å². The van der Waals surface area contributed by atoms with E-state index in [-0.39, 0.29) is 0 Å². The van der Waals surface area contributed by atoms with Crippen molar-refractivity contribution in [3.63, 3.8) is 0 Å². The molecule has 0 N–H and O–H groups in total. The van der Waals surface area contributed by atoms with Gasteiger partial charge in [-0.2, -0.15) is 0 Å². The fourth-order valence-electron chi connectivity index (χ4n) is 0.777. The number of rotatable bonds is 0. The van der Waals surface area contributed by atoms with Crippen LogP contribution in [0.5, 0.6) is 0 Å². The zero-order valence-electron chi connectivity index (χ0n) is 4.69. The smallest absolute Gasteiger partial charge is 0.0401 e. The van der Waals surface area contributed by atoms with Crippen LogP contribution in [0.3, 0.4) is 0 Å². The molecule has 46 valence electrons. The topological polar surface area (TPSA) is 0 Å². The van der Waals surface area contributed by atoms with Crippen molar-refractivity contribution >= 4 is 28.4 Å². The second kappa shape index (κ2) is 2.17. The summed E-state index contributed by atoms with van der Waals surface area (Å²) in [6, 6.07) is 0. The molecular formula is C5H8Cl2P+. The maximum absolute atomic E-state index is 5.86. The van der Waals surface area contributed by atoms with Crippen LogP contribution in [0.1, 0.15) is 13.3 Å². The first kappa shape index (κ1) is 6.86. The van der Waals surface area contributed by atoms with Crippen LogP contribution in [0.4, 0.5) is 0 Å². The Morgan fingerprint density at radius 2 is 2.25 bits per heavy atom. The van der Waals surface area contributed by atoms with Gasteiger partial charge in [0.25, 0.3) is 0 Å². The van der Waals surface area contributed by atoms with Gasteiger partial charge in [0.15, 0.2) is 0 Å². The first-order chi connectivity index (χ1) is 3.60. The van der Waals surface area contributed by atoms with Crippen molar-refractivity contribution in [2.24, 2.45) is 0 Å². The van der Waals surface area contributed by atoms with Crippen LogP contribution in [0, 0.1) is 0 Å². The monoisotopic (exact) mass is 169 g/mol. The van der Waals surface area contributed by atoms with Crippen molar-refractivity contribution < 1.29 is 0 Å². The van der Waals surface area contributed by atoms with E-state index in [4.69, 9.17) is 22.5 Å². The summed E-state index contributed by atoms with van der Waals surface area (Å²) in [5, 5.41) is 0. The highest BCUT2D eigenvalue weighted by Crippen LogP contribution is 2.74. The largest absolute Gasteiger partial charge is 0.236 e. The molecule has 1 rings (SSSR count). The van der Waals surface area contributed by atoms with E-state index in [1.165, 1.54) is 5.57 Å². The summed E-state index contributed by atoms with van der Waals surface area (Å²) in [4.78, 5) is 0. The molecule has 0 aromatic rings. The Bertz CT molecular complexity index is 128. The summed E-state index contributed by atoms with van der Waals surface area (Å²) in [6.07, 6.45) is 2.09. The Kier molecular flexibility index (Phi) is 1.86. The van der Waals surface area contributed by atoms with E-state index >= 15 is 0 Å². The van der Waals surface area contributed by atoms with Crippen LogP contribution in [0.15, 0.2) is 11.4 Å². The van der Waals surface area contributed by atoms with Crippen molar-refractivity contribution in [1.82, 2.24) is 0 Å². The molecular weight excluding hydrogens is 162 g/mol. The van der Waals surface area contributed by atoms with E-state index in [9.17, 15) is 0 Å². The molecule has 0 fully saturated rings. The van der Waals surface area contributed by atoms with Gasteiger partial charge in [0.1, 0.15) is 22.5 Å². The number of hydrogen-bond donors (Lipinski definition) is 0. The molecule has 0 aromatic carbocycles. The second-order valence-corrected chi connectivity index (χ2v) is 8.34. The Morgan fingerprint density at radius 3 is 2.38 bits per heavy atom. The fourth-order valence-corrected chi connectivity index (χ4v) is 3.84. The normalized spacial score (nSPS) is 25.6. The van der Waals surface area contributed by atoms with Crippen LogP contribution in [-0.4, -0.2) is 6.16 Å². The van der Waals surface area contributed by atoms with Gasteiger partial charge in [0.05, 0.1) is 12.0 Å². The fraction of sp³-hybridized carbons (Fsp3) is 0.600. The van der Waals surface area contributed by atoms with Crippen LogP contribution in [-0.2, 0) is 0 Å². The predicted molar refractivity (Wildman–Crippen MR) is 41.9 cm³/mol. The molecule has 0 saturated heterocycles. The van der Waals surface area contributed by atoms with E-state index in [0.717, 1.165) is 12.6 Å². The van der Waals surface area contributed by atoms with Crippen molar-refractivity contribution in [1.29, 1.82) is 0 Å². The van der Waals surface area contributed by atoms with Crippen LogP contribution >= 0.6 is 28.4 Å². The summed E-state index contributed by atoms with van der Waals surface area (Å²) in [7, 11) is 0. The molecule has 0 amide bonds. The first-order valence-corrected chi connectivity index (χ1v) is 6.41. The molecule has 1 heterocycles. The minimum Gasteiger partial charge on any atom is -0.0401 e. The lowest BCUT2D eigenvalue weighted by Gasteiger charge is -1.91. The average Bonchev–Trinajstić information content (AvgIpc) is 1.82. The summed E-state index contributed by atoms with van der Waals surface area (Å²) < 4.78 is 0. The number of halogens is 2. The molecule has 0 aliphatic carbocycles. The average molecular weight is 170 g/mol. The first-order valence-electron chi connectivity index (χ1n) is 2.55. The van der Waals surface area contributed by atoms with Crippen LogP contribution in [0.25, 0.3) is 0 Å². The van der Waals surface area contributed by atoms with Gasteiger partial charge in [-0.05, 0) is 12.5 Å². The van der Waals surface area contributed by atoms with Crippen molar-refractivity contribution in [2.45, 2.75) is 13.3 Å². The third kappa shape index (κ3) is 1.62. The standard InChI is InChI=1S/C5H8Cl2P/c1-5-2-3-8(6,7)4-5/h4H,2-3H2,1H3/q+1. The minimum absolute atomic E-state index is 0.988. The highest BCUT2D eigenvalue weighted by Gasteiger charge is 2.36. The Hall–Kier alpha value is 0.750. The van der Waals surface area contributed by atoms with Gasteiger partial charge in [-0.15, -0.1) is 0 Å². The maximum Gasteiger partial charge on any atom is 0.236 e. The highest BCUT2D eigenvalue weighted by molar-refractivity contribution is 8.19. The van der Waals surface area contributed by atoms with Gasteiger partial charge < -0.3 is 0 Å². The van der Waals surface area contributed by atoms with E-state index in [1.54, 1.807) is 0 Å². The van der Waals surface area contributed by atoms with Gasteiger partial charge >= 0.3 is 0 Å². The highest BCUT2D eigenvalue weighted by atomic mass is 35.9. The Labute approximate surface area is 59.8 Å². The summed E-state index contributed by atoms with van der Waals surface area (Å²) >= 11 is 11.7. The van der Waals surface area contributed by atoms with Crippen molar-refractivity contribution in [3.8, 4) is 0 Å². The molecule has 1 aliphatic heterocycles. The lowest BCUT2D eigenvalue weighted by atomic mass is 10.3. The molecule has 0 saturated carbocycles.